The molecule has 0 aliphatic heterocycles. The van der Waals surface area contributed by atoms with Gasteiger partial charge in [0.1, 0.15) is 5.75 Å². The lowest BCUT2D eigenvalue weighted by molar-refractivity contribution is 0.475. The minimum absolute atomic E-state index is 0.310. The number of nitrogens with one attached hydrogen (secondary N) is 1. The molecule has 1 heterocycles. The van der Waals surface area contributed by atoms with Gasteiger partial charge in [0.25, 0.3) is 0 Å². The van der Waals surface area contributed by atoms with Crippen molar-refractivity contribution in [2.45, 2.75) is 25.7 Å². The van der Waals surface area contributed by atoms with Crippen molar-refractivity contribution in [2.24, 2.45) is 4.99 Å². The van der Waals surface area contributed by atoms with Crippen LogP contribution in [0.25, 0.3) is 22.0 Å². The molecular weight excluding hydrogens is 356 g/mol. The second-order valence-electron chi connectivity index (χ2n) is 7.70. The molecule has 1 aliphatic rings. The van der Waals surface area contributed by atoms with Gasteiger partial charge in [-0.2, -0.15) is 0 Å². The lowest BCUT2D eigenvalue weighted by Gasteiger charge is -2.14. The van der Waals surface area contributed by atoms with Crippen molar-refractivity contribution in [2.75, 3.05) is 6.54 Å². The van der Waals surface area contributed by atoms with Gasteiger partial charge in [-0.1, -0.05) is 54.6 Å². The molecule has 0 saturated carbocycles. The molecule has 3 nitrogen and oxygen atoms in total. The van der Waals surface area contributed by atoms with Crippen LogP contribution in [0.15, 0.2) is 77.8 Å². The van der Waals surface area contributed by atoms with Crippen molar-refractivity contribution < 1.29 is 5.11 Å². The predicted octanol–water partition coefficient (Wildman–Crippen LogP) is 5.91. The first kappa shape index (κ1) is 17.7. The molecule has 0 spiro atoms. The van der Waals surface area contributed by atoms with Crippen LogP contribution in [0.3, 0.4) is 0 Å². The third-order valence-electron chi connectivity index (χ3n) is 5.78. The van der Waals surface area contributed by atoms with Gasteiger partial charge in [-0.05, 0) is 66.1 Å². The van der Waals surface area contributed by atoms with E-state index in [4.69, 9.17) is 4.99 Å². The van der Waals surface area contributed by atoms with Gasteiger partial charge in [-0.25, -0.2) is 0 Å². The Kier molecular flexibility index (Phi) is 4.65. The Balaban J connectivity index is 1.43. The molecule has 2 N–H and O–H groups in total. The number of phenols is 1. The first-order valence-electron chi connectivity index (χ1n) is 10.3. The third-order valence-corrected chi connectivity index (χ3v) is 5.78. The first-order valence-corrected chi connectivity index (χ1v) is 10.3. The Morgan fingerprint density at radius 1 is 0.862 bits per heavy atom. The number of fused-ring (bicyclic) bond motifs is 3. The van der Waals surface area contributed by atoms with Crippen LogP contribution in [0, 0.1) is 0 Å². The van der Waals surface area contributed by atoms with Crippen LogP contribution in [0.4, 0.5) is 0 Å². The van der Waals surface area contributed by atoms with E-state index in [0.717, 1.165) is 32.2 Å². The highest BCUT2D eigenvalue weighted by molar-refractivity contribution is 6.06. The number of benzene rings is 3. The quantitative estimate of drug-likeness (QED) is 0.454. The fourth-order valence-electron chi connectivity index (χ4n) is 4.27. The molecule has 0 bridgehead atoms. The van der Waals surface area contributed by atoms with Crippen LogP contribution in [-0.4, -0.2) is 22.3 Å². The second kappa shape index (κ2) is 7.59. The predicted molar refractivity (Wildman–Crippen MR) is 120 cm³/mol. The molecule has 0 radical (unpaired) electrons. The van der Waals surface area contributed by atoms with E-state index >= 15 is 0 Å². The van der Waals surface area contributed by atoms with Crippen molar-refractivity contribution >= 4 is 16.6 Å². The number of hydrogen-bond acceptors (Lipinski definition) is 2. The molecule has 29 heavy (non-hydrogen) atoms. The number of hydrogen-bond donors (Lipinski definition) is 2. The van der Waals surface area contributed by atoms with Crippen molar-refractivity contribution in [3.63, 3.8) is 0 Å². The van der Waals surface area contributed by atoms with E-state index in [1.807, 2.05) is 12.1 Å². The number of aromatic amines is 1. The molecule has 3 heteroatoms. The number of aryl methyl sites for hydroxylation is 1. The van der Waals surface area contributed by atoms with Crippen LogP contribution in [0.1, 0.15) is 29.7 Å². The van der Waals surface area contributed by atoms with Gasteiger partial charge in [0.15, 0.2) is 0 Å². The van der Waals surface area contributed by atoms with Crippen molar-refractivity contribution in [3.8, 4) is 16.9 Å². The van der Waals surface area contributed by atoms with Gasteiger partial charge in [-0.3, -0.25) is 4.99 Å². The average Bonchev–Trinajstić information content (AvgIpc) is 3.14. The molecule has 144 valence electrons. The van der Waals surface area contributed by atoms with Gasteiger partial charge in [0, 0.05) is 17.4 Å². The summed E-state index contributed by atoms with van der Waals surface area (Å²) in [6.45, 7) is 0.768. The fourth-order valence-corrected chi connectivity index (χ4v) is 4.27. The molecule has 1 aromatic heterocycles. The number of aromatic hydroxyl groups is 1. The van der Waals surface area contributed by atoms with E-state index in [-0.39, 0.29) is 0 Å². The molecular formula is C26H24N2O. The van der Waals surface area contributed by atoms with Crippen molar-refractivity contribution in [1.82, 2.24) is 4.98 Å². The number of nitrogens with zero attached hydrogens (tertiary/aromatic N) is 1. The Hall–Kier alpha value is -3.33. The Morgan fingerprint density at radius 3 is 2.52 bits per heavy atom. The summed E-state index contributed by atoms with van der Waals surface area (Å²) >= 11 is 0. The molecule has 0 unspecified atom stereocenters. The van der Waals surface area contributed by atoms with Crippen LogP contribution in [-0.2, 0) is 12.8 Å². The lowest BCUT2D eigenvalue weighted by Crippen LogP contribution is -2.12. The summed E-state index contributed by atoms with van der Waals surface area (Å²) in [5.41, 5.74) is 8.71. The highest BCUT2D eigenvalue weighted by Crippen LogP contribution is 2.32. The Labute approximate surface area is 170 Å². The van der Waals surface area contributed by atoms with E-state index < -0.39 is 0 Å². The Bertz CT molecular complexity index is 1170. The van der Waals surface area contributed by atoms with Crippen LogP contribution < -0.4 is 0 Å². The summed E-state index contributed by atoms with van der Waals surface area (Å²) in [4.78, 5) is 8.61. The normalized spacial score (nSPS) is 15.0. The second-order valence-corrected chi connectivity index (χ2v) is 7.70. The van der Waals surface area contributed by atoms with Crippen LogP contribution in [0.2, 0.25) is 0 Å². The molecule has 0 saturated heterocycles. The fraction of sp³-hybridized carbons (Fsp3) is 0.192. The number of phenolic OH excluding ortho intramolecular Hbond substituents is 1. The lowest BCUT2D eigenvalue weighted by atomic mass is 9.93. The minimum Gasteiger partial charge on any atom is -0.508 e. The van der Waals surface area contributed by atoms with Gasteiger partial charge < -0.3 is 10.1 Å². The van der Waals surface area contributed by atoms with Crippen molar-refractivity contribution in [1.29, 1.82) is 0 Å². The standard InChI is InChI=1S/C26H24N2O/c29-21-12-9-18(10-13-21)15-16-27-24-8-4-7-23-22-14-11-20(17-25(22)28-26(23)24)19-5-2-1-3-6-19/h1-3,5-6,9-14,17,28-29H,4,7-8,15-16H2. The average molecular weight is 380 g/mol. The first-order chi connectivity index (χ1) is 14.3. The molecule has 3 aromatic carbocycles. The maximum absolute atomic E-state index is 9.42. The zero-order chi connectivity index (χ0) is 19.6. The van der Waals surface area contributed by atoms with E-state index in [0.29, 0.717) is 5.75 Å². The topological polar surface area (TPSA) is 48.4 Å². The number of H-pyrrole nitrogens is 1. The molecule has 1 aliphatic carbocycles. The van der Waals surface area contributed by atoms with Gasteiger partial charge >= 0.3 is 0 Å². The summed E-state index contributed by atoms with van der Waals surface area (Å²) in [5.74, 6) is 0.310. The highest BCUT2D eigenvalue weighted by atomic mass is 16.3. The molecule has 5 rings (SSSR count). The summed E-state index contributed by atoms with van der Waals surface area (Å²) in [6.07, 6.45) is 4.17. The summed E-state index contributed by atoms with van der Waals surface area (Å²) in [5, 5.41) is 10.7. The van der Waals surface area contributed by atoms with Gasteiger partial charge in [0.2, 0.25) is 0 Å². The smallest absolute Gasteiger partial charge is 0.115 e. The zero-order valence-electron chi connectivity index (χ0n) is 16.4. The molecule has 0 atom stereocenters. The van der Waals surface area contributed by atoms with E-state index in [2.05, 4.69) is 53.5 Å². The minimum atomic E-state index is 0.310. The number of rotatable bonds is 4. The SMILES string of the molecule is Oc1ccc(CCN=C2CCCc3c2[nH]c2cc(-c4ccccc4)ccc32)cc1. The molecule has 0 amide bonds. The maximum Gasteiger partial charge on any atom is 0.115 e. The van der Waals surface area contributed by atoms with Gasteiger partial charge in [0.05, 0.1) is 11.4 Å². The molecule has 4 aromatic rings. The Morgan fingerprint density at radius 2 is 1.69 bits per heavy atom. The number of aliphatic imine (C=N–C) groups is 1. The maximum atomic E-state index is 9.42. The third kappa shape index (κ3) is 3.56. The van der Waals surface area contributed by atoms with Gasteiger partial charge in [-0.15, -0.1) is 0 Å². The monoisotopic (exact) mass is 380 g/mol. The largest absolute Gasteiger partial charge is 0.508 e. The van der Waals surface area contributed by atoms with E-state index in [1.165, 1.54) is 44.6 Å². The van der Waals surface area contributed by atoms with Crippen LogP contribution in [0.5, 0.6) is 5.75 Å². The van der Waals surface area contributed by atoms with Crippen molar-refractivity contribution in [3.05, 3.63) is 89.6 Å². The number of aromatic nitrogens is 1. The van der Waals surface area contributed by atoms with Crippen LogP contribution >= 0.6 is 0 Å². The highest BCUT2D eigenvalue weighted by Gasteiger charge is 2.20. The zero-order valence-corrected chi connectivity index (χ0v) is 16.4. The van der Waals surface area contributed by atoms with E-state index in [1.54, 1.807) is 12.1 Å². The van der Waals surface area contributed by atoms with E-state index in [9.17, 15) is 5.11 Å². The molecule has 0 fully saturated rings. The summed E-state index contributed by atoms with van der Waals surface area (Å²) in [7, 11) is 0. The summed E-state index contributed by atoms with van der Waals surface area (Å²) in [6, 6.07) is 24.7. The summed E-state index contributed by atoms with van der Waals surface area (Å²) < 4.78 is 0.